The molecule has 2 nitrogen and oxygen atoms in total. The maximum atomic E-state index is 11.8. The Labute approximate surface area is 92.0 Å². The van der Waals surface area contributed by atoms with Crippen molar-refractivity contribution < 1.29 is 4.79 Å². The van der Waals surface area contributed by atoms with Gasteiger partial charge in [0.05, 0.1) is 0 Å². The lowest BCUT2D eigenvalue weighted by atomic mass is 9.93. The first-order valence-corrected chi connectivity index (χ1v) is 6.01. The molecule has 1 aliphatic rings. The first-order valence-electron chi connectivity index (χ1n) is 5.13. The Morgan fingerprint density at radius 2 is 2.27 bits per heavy atom. The number of thiophene rings is 1. The molecule has 0 fully saturated rings. The van der Waals surface area contributed by atoms with Crippen molar-refractivity contribution in [2.24, 2.45) is 0 Å². The van der Waals surface area contributed by atoms with Crippen LogP contribution in [0, 0.1) is 0 Å². The third-order valence-electron chi connectivity index (χ3n) is 2.86. The summed E-state index contributed by atoms with van der Waals surface area (Å²) in [6, 6.07) is 4.09. The van der Waals surface area contributed by atoms with E-state index in [-0.39, 0.29) is 0 Å². The number of aryl methyl sites for hydroxylation is 1. The summed E-state index contributed by atoms with van der Waals surface area (Å²) in [5, 5.41) is 2.04. The van der Waals surface area contributed by atoms with Gasteiger partial charge in [0.25, 0.3) is 0 Å². The van der Waals surface area contributed by atoms with Crippen molar-refractivity contribution in [3.63, 3.8) is 0 Å². The minimum atomic E-state index is 0.293. The van der Waals surface area contributed by atoms with Crippen LogP contribution in [0.5, 0.6) is 0 Å². The van der Waals surface area contributed by atoms with E-state index in [9.17, 15) is 4.79 Å². The van der Waals surface area contributed by atoms with Gasteiger partial charge < -0.3 is 4.98 Å². The first kappa shape index (κ1) is 8.92. The summed E-state index contributed by atoms with van der Waals surface area (Å²) in [6.45, 7) is 0. The molecule has 76 valence electrons. The van der Waals surface area contributed by atoms with Crippen LogP contribution < -0.4 is 0 Å². The van der Waals surface area contributed by atoms with Crippen LogP contribution in [0.25, 0.3) is 10.4 Å². The molecule has 1 aliphatic carbocycles. The van der Waals surface area contributed by atoms with E-state index in [1.54, 1.807) is 11.3 Å². The molecule has 0 amide bonds. The summed E-state index contributed by atoms with van der Waals surface area (Å²) in [5.74, 6) is 0.293. The standard InChI is InChI=1S/C12H11NOS/c14-10-4-1-3-9-12(10)8(7-13-9)11-5-2-6-15-11/h2,5-7,13H,1,3-4H2. The molecule has 0 saturated carbocycles. The largest absolute Gasteiger partial charge is 0.364 e. The SMILES string of the molecule is O=C1CCCc2[nH]cc(-c3cccs3)c21. The van der Waals surface area contributed by atoms with Gasteiger partial charge in [-0.2, -0.15) is 0 Å². The minimum Gasteiger partial charge on any atom is -0.364 e. The Bertz CT molecular complexity index is 496. The van der Waals surface area contributed by atoms with Crippen LogP contribution >= 0.6 is 11.3 Å². The summed E-state index contributed by atoms with van der Waals surface area (Å²) in [5.41, 5.74) is 3.14. The fourth-order valence-electron chi connectivity index (χ4n) is 2.16. The van der Waals surface area contributed by atoms with Gasteiger partial charge in [-0.05, 0) is 24.3 Å². The molecule has 15 heavy (non-hydrogen) atoms. The molecule has 0 radical (unpaired) electrons. The van der Waals surface area contributed by atoms with Crippen LogP contribution in [0.3, 0.4) is 0 Å². The number of aromatic amines is 1. The topological polar surface area (TPSA) is 32.9 Å². The van der Waals surface area contributed by atoms with Crippen molar-refractivity contribution >= 4 is 17.1 Å². The summed E-state index contributed by atoms with van der Waals surface area (Å²) in [6.07, 6.45) is 4.66. The maximum absolute atomic E-state index is 11.8. The number of fused-ring (bicyclic) bond motifs is 1. The van der Waals surface area contributed by atoms with Crippen molar-refractivity contribution in [3.05, 3.63) is 35.0 Å². The first-order chi connectivity index (χ1) is 7.36. The Morgan fingerprint density at radius 3 is 3.07 bits per heavy atom. The number of Topliss-reactive ketones (excluding diaryl/α,β-unsaturated/α-hetero) is 1. The van der Waals surface area contributed by atoms with Gasteiger partial charge in [-0.1, -0.05) is 6.07 Å². The van der Waals surface area contributed by atoms with Gasteiger partial charge in [0.1, 0.15) is 0 Å². The molecule has 0 bridgehead atoms. The number of hydrogen-bond donors (Lipinski definition) is 1. The summed E-state index contributed by atoms with van der Waals surface area (Å²) < 4.78 is 0. The third kappa shape index (κ3) is 1.35. The highest BCUT2D eigenvalue weighted by atomic mass is 32.1. The predicted octanol–water partition coefficient (Wildman–Crippen LogP) is 3.26. The van der Waals surface area contributed by atoms with Crippen LogP contribution in [-0.4, -0.2) is 10.8 Å². The highest BCUT2D eigenvalue weighted by Crippen LogP contribution is 2.33. The summed E-state index contributed by atoms with van der Waals surface area (Å²) in [7, 11) is 0. The highest BCUT2D eigenvalue weighted by Gasteiger charge is 2.23. The molecule has 0 saturated heterocycles. The average Bonchev–Trinajstić information content (AvgIpc) is 2.85. The van der Waals surface area contributed by atoms with E-state index in [1.807, 2.05) is 17.6 Å². The van der Waals surface area contributed by atoms with E-state index in [4.69, 9.17) is 0 Å². The number of aromatic nitrogens is 1. The van der Waals surface area contributed by atoms with Gasteiger partial charge in [-0.3, -0.25) is 4.79 Å². The Morgan fingerprint density at radius 1 is 1.33 bits per heavy atom. The second-order valence-electron chi connectivity index (χ2n) is 3.81. The van der Waals surface area contributed by atoms with Crippen molar-refractivity contribution in [3.8, 4) is 10.4 Å². The van der Waals surface area contributed by atoms with E-state index < -0.39 is 0 Å². The number of H-pyrrole nitrogens is 1. The fourth-order valence-corrected chi connectivity index (χ4v) is 2.91. The summed E-state index contributed by atoms with van der Waals surface area (Å²) >= 11 is 1.68. The van der Waals surface area contributed by atoms with E-state index in [0.717, 1.165) is 29.7 Å². The normalized spacial score (nSPS) is 15.3. The molecule has 0 aliphatic heterocycles. The maximum Gasteiger partial charge on any atom is 0.165 e. The zero-order chi connectivity index (χ0) is 10.3. The van der Waals surface area contributed by atoms with Crippen LogP contribution in [-0.2, 0) is 6.42 Å². The number of nitrogens with one attached hydrogen (secondary N) is 1. The van der Waals surface area contributed by atoms with Crippen molar-refractivity contribution in [2.75, 3.05) is 0 Å². The monoisotopic (exact) mass is 217 g/mol. The van der Waals surface area contributed by atoms with Crippen LogP contribution in [0.1, 0.15) is 28.9 Å². The molecule has 0 aromatic carbocycles. The van der Waals surface area contributed by atoms with Crippen LogP contribution in [0.15, 0.2) is 23.7 Å². The molecular formula is C12H11NOS. The van der Waals surface area contributed by atoms with Crippen molar-refractivity contribution in [1.82, 2.24) is 4.98 Å². The van der Waals surface area contributed by atoms with Gasteiger partial charge in [-0.15, -0.1) is 11.3 Å². The van der Waals surface area contributed by atoms with Crippen LogP contribution in [0.2, 0.25) is 0 Å². The number of carbonyl (C=O) groups excluding carboxylic acids is 1. The molecule has 3 heteroatoms. The van der Waals surface area contributed by atoms with Crippen LogP contribution in [0.4, 0.5) is 0 Å². The van der Waals surface area contributed by atoms with Gasteiger partial charge in [0.15, 0.2) is 5.78 Å². The van der Waals surface area contributed by atoms with E-state index in [2.05, 4.69) is 11.1 Å². The second-order valence-corrected chi connectivity index (χ2v) is 4.76. The Hall–Kier alpha value is -1.35. The third-order valence-corrected chi connectivity index (χ3v) is 3.76. The molecule has 2 aromatic heterocycles. The zero-order valence-electron chi connectivity index (χ0n) is 8.25. The number of carbonyl (C=O) groups is 1. The quantitative estimate of drug-likeness (QED) is 0.781. The predicted molar refractivity (Wildman–Crippen MR) is 61.4 cm³/mol. The lowest BCUT2D eigenvalue weighted by Crippen LogP contribution is -2.09. The minimum absolute atomic E-state index is 0.293. The number of rotatable bonds is 1. The fraction of sp³-hybridized carbons (Fsp3) is 0.250. The molecule has 0 spiro atoms. The van der Waals surface area contributed by atoms with Gasteiger partial charge >= 0.3 is 0 Å². The molecule has 0 atom stereocenters. The molecule has 2 aromatic rings. The van der Waals surface area contributed by atoms with Gasteiger partial charge in [0.2, 0.25) is 0 Å². The van der Waals surface area contributed by atoms with Crippen molar-refractivity contribution in [1.29, 1.82) is 0 Å². The smallest absolute Gasteiger partial charge is 0.165 e. The highest BCUT2D eigenvalue weighted by molar-refractivity contribution is 7.13. The molecule has 1 N–H and O–H groups in total. The summed E-state index contributed by atoms with van der Waals surface area (Å²) in [4.78, 5) is 16.3. The molecule has 2 heterocycles. The molecular weight excluding hydrogens is 206 g/mol. The molecule has 3 rings (SSSR count). The number of ketones is 1. The Kier molecular flexibility index (Phi) is 1.99. The average molecular weight is 217 g/mol. The molecule has 0 unspecified atom stereocenters. The van der Waals surface area contributed by atoms with Gasteiger partial charge in [0, 0.05) is 34.3 Å². The number of hydrogen-bond acceptors (Lipinski definition) is 2. The Balaban J connectivity index is 2.18. The lowest BCUT2D eigenvalue weighted by Gasteiger charge is -2.10. The van der Waals surface area contributed by atoms with E-state index >= 15 is 0 Å². The lowest BCUT2D eigenvalue weighted by molar-refractivity contribution is 0.0973. The van der Waals surface area contributed by atoms with E-state index in [1.165, 1.54) is 4.88 Å². The van der Waals surface area contributed by atoms with Gasteiger partial charge in [-0.25, -0.2) is 0 Å². The second kappa shape index (κ2) is 3.35. The zero-order valence-corrected chi connectivity index (χ0v) is 9.06. The van der Waals surface area contributed by atoms with E-state index in [0.29, 0.717) is 12.2 Å². The van der Waals surface area contributed by atoms with Crippen molar-refractivity contribution in [2.45, 2.75) is 19.3 Å².